The van der Waals surface area contributed by atoms with E-state index in [1.165, 1.54) is 5.56 Å². The van der Waals surface area contributed by atoms with Gasteiger partial charge in [-0.15, -0.1) is 0 Å². The molecule has 0 spiro atoms. The molecular weight excluding hydrogens is 274 g/mol. The number of likely N-dealkylation sites (N-methyl/N-ethyl adjacent to an activating group) is 1. The minimum Gasteiger partial charge on any atom is -0.338 e. The first-order valence-electron chi connectivity index (χ1n) is 8.27. The monoisotopic (exact) mass is 303 g/mol. The van der Waals surface area contributed by atoms with Gasteiger partial charge in [0, 0.05) is 13.1 Å². The molecule has 1 aliphatic heterocycles. The Bertz CT molecular complexity index is 466. The van der Waals surface area contributed by atoms with Crippen LogP contribution in [-0.2, 0) is 4.79 Å². The Morgan fingerprint density at radius 2 is 1.86 bits per heavy atom. The van der Waals surface area contributed by atoms with Gasteiger partial charge in [-0.05, 0) is 51.3 Å². The lowest BCUT2D eigenvalue weighted by Crippen LogP contribution is -2.45. The van der Waals surface area contributed by atoms with Crippen molar-refractivity contribution in [1.29, 1.82) is 0 Å². The Balaban J connectivity index is 1.84. The van der Waals surface area contributed by atoms with Gasteiger partial charge < -0.3 is 10.6 Å². The van der Waals surface area contributed by atoms with Gasteiger partial charge in [0.25, 0.3) is 0 Å². The number of hydrogen-bond donors (Lipinski definition) is 1. The smallest absolute Gasteiger partial charge is 0.236 e. The maximum atomic E-state index is 12.5. The van der Waals surface area contributed by atoms with Crippen molar-refractivity contribution in [1.82, 2.24) is 9.80 Å². The highest BCUT2D eigenvalue weighted by molar-refractivity contribution is 5.78. The van der Waals surface area contributed by atoms with Crippen molar-refractivity contribution in [2.45, 2.75) is 38.8 Å². The van der Waals surface area contributed by atoms with Crippen LogP contribution in [0, 0.1) is 5.92 Å². The summed E-state index contributed by atoms with van der Waals surface area (Å²) in [6, 6.07) is 10.5. The molecule has 1 heterocycles. The summed E-state index contributed by atoms with van der Waals surface area (Å²) in [6.45, 7) is 6.63. The van der Waals surface area contributed by atoms with E-state index in [4.69, 9.17) is 5.73 Å². The number of carbonyl (C=O) groups is 1. The number of nitrogens with two attached hydrogens (primary N) is 1. The van der Waals surface area contributed by atoms with Crippen molar-refractivity contribution >= 4 is 5.91 Å². The van der Waals surface area contributed by atoms with E-state index in [9.17, 15) is 4.79 Å². The molecule has 122 valence electrons. The SMILES string of the molecule is CC(N)C1CCN(CC(=O)N(C)C(C)c2ccccc2)CC1. The van der Waals surface area contributed by atoms with Gasteiger partial charge in [0.1, 0.15) is 0 Å². The lowest BCUT2D eigenvalue weighted by Gasteiger charge is -2.35. The Kier molecular flexibility index (Phi) is 5.98. The van der Waals surface area contributed by atoms with Crippen LogP contribution in [0.2, 0.25) is 0 Å². The molecule has 1 aliphatic rings. The molecule has 4 heteroatoms. The van der Waals surface area contributed by atoms with Crippen LogP contribution in [0.15, 0.2) is 30.3 Å². The molecule has 1 saturated heterocycles. The predicted molar refractivity (Wildman–Crippen MR) is 90.4 cm³/mol. The number of likely N-dealkylation sites (tertiary alicyclic amines) is 1. The van der Waals surface area contributed by atoms with Crippen molar-refractivity contribution in [3.05, 3.63) is 35.9 Å². The summed E-state index contributed by atoms with van der Waals surface area (Å²) in [5, 5.41) is 0. The van der Waals surface area contributed by atoms with Crippen LogP contribution < -0.4 is 5.73 Å². The molecule has 0 saturated carbocycles. The average molecular weight is 303 g/mol. The zero-order chi connectivity index (χ0) is 16.1. The maximum absolute atomic E-state index is 12.5. The minimum atomic E-state index is 0.107. The Morgan fingerprint density at radius 1 is 1.27 bits per heavy atom. The fraction of sp³-hybridized carbons (Fsp3) is 0.611. The van der Waals surface area contributed by atoms with Gasteiger partial charge in [0.2, 0.25) is 5.91 Å². The maximum Gasteiger partial charge on any atom is 0.236 e. The van der Waals surface area contributed by atoms with Gasteiger partial charge in [-0.25, -0.2) is 0 Å². The second-order valence-electron chi connectivity index (χ2n) is 6.56. The van der Waals surface area contributed by atoms with E-state index in [1.54, 1.807) is 0 Å². The minimum absolute atomic E-state index is 0.107. The summed E-state index contributed by atoms with van der Waals surface area (Å²) in [6.07, 6.45) is 2.20. The molecule has 2 atom stereocenters. The number of nitrogens with zero attached hydrogens (tertiary/aromatic N) is 2. The van der Waals surface area contributed by atoms with Crippen LogP contribution in [0.25, 0.3) is 0 Å². The lowest BCUT2D eigenvalue weighted by molar-refractivity contribution is -0.133. The number of carbonyl (C=O) groups excluding carboxylic acids is 1. The normalized spacial score (nSPS) is 19.6. The van der Waals surface area contributed by atoms with Gasteiger partial charge in [0.15, 0.2) is 0 Å². The van der Waals surface area contributed by atoms with Crippen molar-refractivity contribution in [2.75, 3.05) is 26.7 Å². The molecule has 0 aliphatic carbocycles. The average Bonchev–Trinajstić information content (AvgIpc) is 2.54. The third-order valence-electron chi connectivity index (χ3n) is 4.99. The van der Waals surface area contributed by atoms with Crippen molar-refractivity contribution < 1.29 is 4.79 Å². The number of hydrogen-bond acceptors (Lipinski definition) is 3. The molecule has 1 aromatic carbocycles. The first kappa shape index (κ1) is 17.0. The number of benzene rings is 1. The number of amides is 1. The summed E-state index contributed by atoms with van der Waals surface area (Å²) in [7, 11) is 1.90. The standard InChI is InChI=1S/C18H29N3O/c1-14(19)16-9-11-21(12-10-16)13-18(22)20(3)15(2)17-7-5-4-6-8-17/h4-8,14-16H,9-13,19H2,1-3H3. The molecule has 1 fully saturated rings. The second kappa shape index (κ2) is 7.75. The first-order valence-corrected chi connectivity index (χ1v) is 8.27. The van der Waals surface area contributed by atoms with E-state index in [0.717, 1.165) is 25.9 Å². The quantitative estimate of drug-likeness (QED) is 0.908. The highest BCUT2D eigenvalue weighted by Crippen LogP contribution is 2.21. The Hall–Kier alpha value is -1.39. The van der Waals surface area contributed by atoms with E-state index >= 15 is 0 Å². The second-order valence-corrected chi connectivity index (χ2v) is 6.56. The molecule has 22 heavy (non-hydrogen) atoms. The van der Waals surface area contributed by atoms with Gasteiger partial charge in [-0.2, -0.15) is 0 Å². The number of rotatable bonds is 5. The Labute approximate surface area is 134 Å². The van der Waals surface area contributed by atoms with Crippen molar-refractivity contribution in [3.8, 4) is 0 Å². The lowest BCUT2D eigenvalue weighted by atomic mass is 9.91. The molecule has 0 aromatic heterocycles. The fourth-order valence-electron chi connectivity index (χ4n) is 3.11. The van der Waals surface area contributed by atoms with Gasteiger partial charge in [-0.1, -0.05) is 30.3 Å². The summed E-state index contributed by atoms with van der Waals surface area (Å²) < 4.78 is 0. The van der Waals surface area contributed by atoms with Crippen LogP contribution >= 0.6 is 0 Å². The van der Waals surface area contributed by atoms with Gasteiger partial charge in [-0.3, -0.25) is 9.69 Å². The molecular formula is C18H29N3O. The van der Waals surface area contributed by atoms with Crippen molar-refractivity contribution in [2.24, 2.45) is 11.7 Å². The van der Waals surface area contributed by atoms with Gasteiger partial charge >= 0.3 is 0 Å². The zero-order valence-corrected chi connectivity index (χ0v) is 14.0. The molecule has 0 bridgehead atoms. The van der Waals surface area contributed by atoms with E-state index in [2.05, 4.69) is 30.9 Å². The molecule has 0 radical (unpaired) electrons. The third-order valence-corrected chi connectivity index (χ3v) is 4.99. The van der Waals surface area contributed by atoms with Gasteiger partial charge in [0.05, 0.1) is 12.6 Å². The molecule has 4 nitrogen and oxygen atoms in total. The van der Waals surface area contributed by atoms with E-state index in [0.29, 0.717) is 12.5 Å². The molecule has 1 amide bonds. The summed E-state index contributed by atoms with van der Waals surface area (Å²) in [5.74, 6) is 0.794. The van der Waals surface area contributed by atoms with E-state index < -0.39 is 0 Å². The van der Waals surface area contributed by atoms with Crippen molar-refractivity contribution in [3.63, 3.8) is 0 Å². The van der Waals surface area contributed by atoms with Crippen LogP contribution in [-0.4, -0.2) is 48.4 Å². The van der Waals surface area contributed by atoms with Crippen LogP contribution in [0.3, 0.4) is 0 Å². The van der Waals surface area contributed by atoms with E-state index in [-0.39, 0.29) is 18.0 Å². The molecule has 2 unspecified atom stereocenters. The number of piperidine rings is 1. The largest absolute Gasteiger partial charge is 0.338 e. The molecule has 2 N–H and O–H groups in total. The van der Waals surface area contributed by atoms with E-state index in [1.807, 2.05) is 30.1 Å². The zero-order valence-electron chi connectivity index (χ0n) is 14.0. The van der Waals surface area contributed by atoms with Crippen LogP contribution in [0.4, 0.5) is 0 Å². The summed E-state index contributed by atoms with van der Waals surface area (Å²) >= 11 is 0. The first-order chi connectivity index (χ1) is 10.5. The van der Waals surface area contributed by atoms with Crippen LogP contribution in [0.1, 0.15) is 38.3 Å². The summed E-state index contributed by atoms with van der Waals surface area (Å²) in [5.41, 5.74) is 7.15. The molecule has 2 rings (SSSR count). The fourth-order valence-corrected chi connectivity index (χ4v) is 3.11. The molecule has 1 aromatic rings. The highest BCUT2D eigenvalue weighted by atomic mass is 16.2. The third kappa shape index (κ3) is 4.31. The highest BCUT2D eigenvalue weighted by Gasteiger charge is 2.25. The summed E-state index contributed by atoms with van der Waals surface area (Å²) in [4.78, 5) is 16.6. The van der Waals surface area contributed by atoms with Crippen LogP contribution in [0.5, 0.6) is 0 Å². The predicted octanol–water partition coefficient (Wildman–Crippen LogP) is 2.27. The topological polar surface area (TPSA) is 49.6 Å². The Morgan fingerprint density at radius 3 is 2.41 bits per heavy atom.